The number of rotatable bonds is 5. The number of pyridine rings is 1. The van der Waals surface area contributed by atoms with Crippen molar-refractivity contribution in [1.82, 2.24) is 9.88 Å². The standard InChI is InChI=1S/C30H31FN2O4/c1-29(2)19-33(16-13-30(29,36)21-8-10-22(31)11-9-21)15-4-6-23-24-5-3-14-32-26(24)18-37-27-12-7-20(28(34)35)17-25(23)27/h3,5-12,14,17,36H,4,13,15-16,18-19H2,1-2H3,(H,34,35). The van der Waals surface area contributed by atoms with E-state index in [-0.39, 0.29) is 11.4 Å². The van der Waals surface area contributed by atoms with E-state index in [0.717, 1.165) is 40.9 Å². The van der Waals surface area contributed by atoms with E-state index < -0.39 is 17.0 Å². The lowest BCUT2D eigenvalue weighted by atomic mass is 9.66. The molecule has 7 heteroatoms. The largest absolute Gasteiger partial charge is 0.487 e. The maximum Gasteiger partial charge on any atom is 0.335 e. The molecule has 0 spiro atoms. The Morgan fingerprint density at radius 3 is 2.68 bits per heavy atom. The maximum atomic E-state index is 13.5. The van der Waals surface area contributed by atoms with Crippen LogP contribution in [0.2, 0.25) is 0 Å². The van der Waals surface area contributed by atoms with Crippen molar-refractivity contribution in [2.45, 2.75) is 38.9 Å². The van der Waals surface area contributed by atoms with E-state index in [1.807, 2.05) is 12.1 Å². The summed E-state index contributed by atoms with van der Waals surface area (Å²) in [6, 6.07) is 15.0. The van der Waals surface area contributed by atoms with Gasteiger partial charge in [-0.3, -0.25) is 4.98 Å². The molecular weight excluding hydrogens is 471 g/mol. The van der Waals surface area contributed by atoms with Crippen molar-refractivity contribution in [3.05, 3.63) is 101 Å². The number of halogens is 1. The number of hydrogen-bond donors (Lipinski definition) is 2. The van der Waals surface area contributed by atoms with Crippen molar-refractivity contribution in [1.29, 1.82) is 0 Å². The zero-order valence-electron chi connectivity index (χ0n) is 21.1. The van der Waals surface area contributed by atoms with Gasteiger partial charge < -0.3 is 19.8 Å². The van der Waals surface area contributed by atoms with Crippen LogP contribution in [0.3, 0.4) is 0 Å². The molecule has 2 aromatic carbocycles. The van der Waals surface area contributed by atoms with E-state index in [1.54, 1.807) is 36.5 Å². The van der Waals surface area contributed by atoms with E-state index >= 15 is 0 Å². The average Bonchev–Trinajstić information content (AvgIpc) is 3.03. The summed E-state index contributed by atoms with van der Waals surface area (Å²) in [5.74, 6) is -0.659. The maximum absolute atomic E-state index is 13.5. The Kier molecular flexibility index (Phi) is 6.60. The van der Waals surface area contributed by atoms with Crippen molar-refractivity contribution < 1.29 is 24.1 Å². The fourth-order valence-electron chi connectivity index (χ4n) is 5.58. The zero-order chi connectivity index (χ0) is 26.2. The van der Waals surface area contributed by atoms with Crippen LogP contribution in [0.15, 0.2) is 66.9 Å². The SMILES string of the molecule is CC1(C)CN(CCC=C2c3cc(C(=O)O)ccc3OCc3ncccc32)CCC1(O)c1ccc(F)cc1. The molecule has 1 aromatic heterocycles. The number of carboxylic acid groups (broad SMARTS) is 1. The minimum Gasteiger partial charge on any atom is -0.487 e. The second-order valence-corrected chi connectivity index (χ2v) is 10.5. The quantitative estimate of drug-likeness (QED) is 0.496. The molecule has 37 heavy (non-hydrogen) atoms. The first kappa shape index (κ1) is 25.1. The lowest BCUT2D eigenvalue weighted by Crippen LogP contribution is -2.55. The zero-order valence-corrected chi connectivity index (χ0v) is 21.1. The highest BCUT2D eigenvalue weighted by atomic mass is 19.1. The van der Waals surface area contributed by atoms with Gasteiger partial charge in [-0.25, -0.2) is 9.18 Å². The molecule has 2 aliphatic rings. The number of aromatic carboxylic acids is 1. The molecule has 1 atom stereocenters. The Morgan fingerprint density at radius 1 is 1.16 bits per heavy atom. The van der Waals surface area contributed by atoms with Crippen LogP contribution in [0.1, 0.15) is 59.4 Å². The van der Waals surface area contributed by atoms with E-state index in [2.05, 4.69) is 29.8 Å². The number of hydrogen-bond acceptors (Lipinski definition) is 5. The first-order chi connectivity index (χ1) is 17.7. The first-order valence-corrected chi connectivity index (χ1v) is 12.5. The third-order valence-corrected chi connectivity index (χ3v) is 7.71. The molecule has 2 aliphatic heterocycles. The molecule has 5 rings (SSSR count). The fraction of sp³-hybridized carbons (Fsp3) is 0.333. The molecule has 192 valence electrons. The predicted octanol–water partition coefficient (Wildman–Crippen LogP) is 5.25. The normalized spacial score (nSPS) is 22.0. The lowest BCUT2D eigenvalue weighted by Gasteiger charge is -2.50. The van der Waals surface area contributed by atoms with Crippen molar-refractivity contribution in [2.75, 3.05) is 19.6 Å². The molecule has 0 amide bonds. The third-order valence-electron chi connectivity index (χ3n) is 7.71. The second-order valence-electron chi connectivity index (χ2n) is 10.5. The number of aliphatic hydroxyl groups is 1. The molecule has 0 saturated carbocycles. The molecule has 1 unspecified atom stereocenters. The molecule has 1 saturated heterocycles. The average molecular weight is 503 g/mol. The van der Waals surface area contributed by atoms with Crippen LogP contribution in [0.5, 0.6) is 5.75 Å². The van der Waals surface area contributed by atoms with Crippen molar-refractivity contribution in [2.24, 2.45) is 5.41 Å². The molecule has 3 heterocycles. The van der Waals surface area contributed by atoms with E-state index in [9.17, 15) is 19.4 Å². The minimum atomic E-state index is -1.04. The summed E-state index contributed by atoms with van der Waals surface area (Å²) in [4.78, 5) is 18.5. The molecule has 3 aromatic rings. The minimum absolute atomic E-state index is 0.207. The van der Waals surface area contributed by atoms with E-state index in [1.165, 1.54) is 12.1 Å². The van der Waals surface area contributed by atoms with E-state index in [4.69, 9.17) is 4.74 Å². The van der Waals surface area contributed by atoms with Crippen LogP contribution in [0, 0.1) is 11.2 Å². The van der Waals surface area contributed by atoms with Gasteiger partial charge in [0.2, 0.25) is 0 Å². The highest BCUT2D eigenvalue weighted by molar-refractivity contribution is 5.92. The third kappa shape index (κ3) is 4.77. The molecule has 1 fully saturated rings. The van der Waals surface area contributed by atoms with Crippen LogP contribution in [0.25, 0.3) is 5.57 Å². The Labute approximate surface area is 216 Å². The van der Waals surface area contributed by atoms with Crippen LogP contribution >= 0.6 is 0 Å². The van der Waals surface area contributed by atoms with Crippen LogP contribution in [0.4, 0.5) is 4.39 Å². The van der Waals surface area contributed by atoms with Crippen molar-refractivity contribution in [3.8, 4) is 5.75 Å². The summed E-state index contributed by atoms with van der Waals surface area (Å²) in [5.41, 5.74) is 2.89. The summed E-state index contributed by atoms with van der Waals surface area (Å²) in [6.07, 6.45) is 5.14. The summed E-state index contributed by atoms with van der Waals surface area (Å²) in [5, 5.41) is 21.2. The fourth-order valence-corrected chi connectivity index (χ4v) is 5.58. The molecule has 6 nitrogen and oxygen atoms in total. The Hall–Kier alpha value is -3.55. The van der Waals surface area contributed by atoms with Gasteiger partial charge in [-0.2, -0.15) is 0 Å². The summed E-state index contributed by atoms with van der Waals surface area (Å²) >= 11 is 0. The number of aromatic nitrogens is 1. The Morgan fingerprint density at radius 2 is 1.95 bits per heavy atom. The molecular formula is C30H31FN2O4. The van der Waals surface area contributed by atoms with Crippen LogP contribution in [-0.2, 0) is 12.2 Å². The second kappa shape index (κ2) is 9.72. The van der Waals surface area contributed by atoms with Gasteiger partial charge in [0.05, 0.1) is 16.9 Å². The molecule has 0 bridgehead atoms. The number of ether oxygens (including phenoxy) is 1. The summed E-state index contributed by atoms with van der Waals surface area (Å²) in [6.45, 7) is 6.59. The number of carbonyl (C=O) groups is 1. The van der Waals surface area contributed by atoms with Gasteiger partial charge in [0, 0.05) is 42.4 Å². The van der Waals surface area contributed by atoms with Gasteiger partial charge in [-0.1, -0.05) is 38.1 Å². The van der Waals surface area contributed by atoms with Gasteiger partial charge in [0.1, 0.15) is 18.2 Å². The van der Waals surface area contributed by atoms with Crippen LogP contribution < -0.4 is 4.74 Å². The molecule has 0 aliphatic carbocycles. The van der Waals surface area contributed by atoms with E-state index in [0.29, 0.717) is 31.9 Å². The topological polar surface area (TPSA) is 82.9 Å². The summed E-state index contributed by atoms with van der Waals surface area (Å²) < 4.78 is 19.4. The highest BCUT2D eigenvalue weighted by Crippen LogP contribution is 2.46. The number of nitrogens with zero attached hydrogens (tertiary/aromatic N) is 2. The molecule has 0 radical (unpaired) electrons. The Bertz CT molecular complexity index is 1350. The number of benzene rings is 2. The van der Waals surface area contributed by atoms with Gasteiger partial charge in [-0.05, 0) is 60.4 Å². The molecule has 2 N–H and O–H groups in total. The Balaban J connectivity index is 1.38. The monoisotopic (exact) mass is 502 g/mol. The highest BCUT2D eigenvalue weighted by Gasteiger charge is 2.48. The number of likely N-dealkylation sites (tertiary alicyclic amines) is 1. The van der Waals surface area contributed by atoms with Gasteiger partial charge in [-0.15, -0.1) is 0 Å². The van der Waals surface area contributed by atoms with Gasteiger partial charge in [0.25, 0.3) is 0 Å². The van der Waals surface area contributed by atoms with Crippen molar-refractivity contribution in [3.63, 3.8) is 0 Å². The van der Waals surface area contributed by atoms with Gasteiger partial charge >= 0.3 is 5.97 Å². The number of carboxylic acids is 1. The number of piperidine rings is 1. The first-order valence-electron chi connectivity index (χ1n) is 12.5. The number of fused-ring (bicyclic) bond motifs is 2. The predicted molar refractivity (Wildman–Crippen MR) is 139 cm³/mol. The van der Waals surface area contributed by atoms with Crippen molar-refractivity contribution >= 4 is 11.5 Å². The summed E-state index contributed by atoms with van der Waals surface area (Å²) in [7, 11) is 0. The van der Waals surface area contributed by atoms with Gasteiger partial charge in [0.15, 0.2) is 0 Å². The van der Waals surface area contributed by atoms with Crippen LogP contribution in [-0.4, -0.2) is 45.7 Å². The smallest absolute Gasteiger partial charge is 0.335 e. The lowest BCUT2D eigenvalue weighted by molar-refractivity contribution is -0.125.